The normalized spacial score (nSPS) is 23.4. The molecule has 0 aromatic carbocycles. The molecule has 19 heavy (non-hydrogen) atoms. The number of H-pyrrole nitrogens is 1. The Morgan fingerprint density at radius 2 is 2.32 bits per heavy atom. The molecule has 100 valence electrons. The van der Waals surface area contributed by atoms with Crippen LogP contribution in [0.1, 0.15) is 37.3 Å². The zero-order valence-electron chi connectivity index (χ0n) is 10.5. The van der Waals surface area contributed by atoms with Gasteiger partial charge in [0, 0.05) is 17.5 Å². The van der Waals surface area contributed by atoms with Crippen LogP contribution in [-0.2, 0) is 4.74 Å². The summed E-state index contributed by atoms with van der Waals surface area (Å²) in [5, 5.41) is 1.05. The molecule has 2 unspecified atom stereocenters. The molecule has 0 bridgehead atoms. The van der Waals surface area contributed by atoms with Gasteiger partial charge in [-0.15, -0.1) is 0 Å². The van der Waals surface area contributed by atoms with Crippen molar-refractivity contribution in [3.8, 4) is 0 Å². The standard InChI is InChI=1S/C13H16N4O2/c14-13(18)19-9-3-1-2-8(6-9)11-10-4-5-15-12(10)17-7-16-11/h4-5,7-9H,1-3,6H2,(H2,14,18)(H,15,16,17). The fourth-order valence-corrected chi connectivity index (χ4v) is 2.88. The Labute approximate surface area is 110 Å². The minimum Gasteiger partial charge on any atom is -0.446 e. The first kappa shape index (κ1) is 12.0. The van der Waals surface area contributed by atoms with Gasteiger partial charge in [0.2, 0.25) is 0 Å². The van der Waals surface area contributed by atoms with Crippen molar-refractivity contribution in [2.75, 3.05) is 0 Å². The van der Waals surface area contributed by atoms with E-state index in [4.69, 9.17) is 10.5 Å². The van der Waals surface area contributed by atoms with Gasteiger partial charge in [0.15, 0.2) is 0 Å². The first-order chi connectivity index (χ1) is 9.24. The van der Waals surface area contributed by atoms with Crippen LogP contribution in [-0.4, -0.2) is 27.1 Å². The number of ether oxygens (including phenoxy) is 1. The van der Waals surface area contributed by atoms with Crippen LogP contribution in [0.15, 0.2) is 18.6 Å². The number of nitrogens with one attached hydrogen (secondary N) is 1. The summed E-state index contributed by atoms with van der Waals surface area (Å²) in [6, 6.07) is 1.99. The Balaban J connectivity index is 1.85. The highest BCUT2D eigenvalue weighted by molar-refractivity contribution is 5.78. The first-order valence-electron chi connectivity index (χ1n) is 6.48. The van der Waals surface area contributed by atoms with Crippen LogP contribution in [0.4, 0.5) is 4.79 Å². The molecule has 2 aromatic heterocycles. The van der Waals surface area contributed by atoms with Gasteiger partial charge in [0.25, 0.3) is 0 Å². The Morgan fingerprint density at radius 1 is 1.42 bits per heavy atom. The summed E-state index contributed by atoms with van der Waals surface area (Å²) in [6.45, 7) is 0. The molecule has 0 radical (unpaired) electrons. The highest BCUT2D eigenvalue weighted by Crippen LogP contribution is 2.35. The van der Waals surface area contributed by atoms with Gasteiger partial charge < -0.3 is 15.5 Å². The maximum absolute atomic E-state index is 10.9. The van der Waals surface area contributed by atoms with Crippen LogP contribution < -0.4 is 5.73 Å². The first-order valence-corrected chi connectivity index (χ1v) is 6.48. The Bertz CT molecular complexity index is 595. The van der Waals surface area contributed by atoms with Crippen molar-refractivity contribution in [3.63, 3.8) is 0 Å². The Kier molecular flexibility index (Phi) is 3.06. The van der Waals surface area contributed by atoms with E-state index in [1.807, 2.05) is 12.3 Å². The van der Waals surface area contributed by atoms with Crippen LogP contribution in [0.3, 0.4) is 0 Å². The number of nitrogens with two attached hydrogens (primary N) is 1. The Hall–Kier alpha value is -2.11. The fraction of sp³-hybridized carbons (Fsp3) is 0.462. The third kappa shape index (κ3) is 2.38. The van der Waals surface area contributed by atoms with Crippen molar-refractivity contribution in [2.45, 2.75) is 37.7 Å². The van der Waals surface area contributed by atoms with E-state index in [1.165, 1.54) is 0 Å². The van der Waals surface area contributed by atoms with Crippen LogP contribution in [0.2, 0.25) is 0 Å². The van der Waals surface area contributed by atoms with Gasteiger partial charge in [-0.25, -0.2) is 14.8 Å². The number of hydrogen-bond donors (Lipinski definition) is 2. The van der Waals surface area contributed by atoms with Gasteiger partial charge in [0.1, 0.15) is 18.1 Å². The maximum atomic E-state index is 10.9. The predicted octanol–water partition coefficient (Wildman–Crippen LogP) is 2.08. The van der Waals surface area contributed by atoms with E-state index in [0.29, 0.717) is 5.92 Å². The van der Waals surface area contributed by atoms with Crippen molar-refractivity contribution in [3.05, 3.63) is 24.3 Å². The van der Waals surface area contributed by atoms with E-state index >= 15 is 0 Å². The molecule has 1 saturated carbocycles. The molecule has 3 rings (SSSR count). The molecule has 0 aliphatic heterocycles. The molecule has 1 amide bonds. The SMILES string of the molecule is NC(=O)OC1CCCC(c2ncnc3[nH]ccc23)C1. The second kappa shape index (κ2) is 4.87. The van der Waals surface area contributed by atoms with E-state index in [-0.39, 0.29) is 6.10 Å². The molecular weight excluding hydrogens is 244 g/mol. The van der Waals surface area contributed by atoms with Crippen molar-refractivity contribution in [1.82, 2.24) is 15.0 Å². The molecule has 2 heterocycles. The van der Waals surface area contributed by atoms with E-state index < -0.39 is 6.09 Å². The van der Waals surface area contributed by atoms with Crippen LogP contribution in [0.5, 0.6) is 0 Å². The number of primary amides is 1. The van der Waals surface area contributed by atoms with Gasteiger partial charge >= 0.3 is 6.09 Å². The zero-order valence-corrected chi connectivity index (χ0v) is 10.5. The average molecular weight is 260 g/mol. The van der Waals surface area contributed by atoms with Crippen molar-refractivity contribution >= 4 is 17.1 Å². The second-order valence-corrected chi connectivity index (χ2v) is 4.92. The molecule has 1 aliphatic carbocycles. The number of rotatable bonds is 2. The lowest BCUT2D eigenvalue weighted by Gasteiger charge is -2.28. The van der Waals surface area contributed by atoms with Gasteiger partial charge in [-0.05, 0) is 31.7 Å². The fourth-order valence-electron chi connectivity index (χ4n) is 2.88. The second-order valence-electron chi connectivity index (χ2n) is 4.92. The van der Waals surface area contributed by atoms with E-state index in [9.17, 15) is 4.79 Å². The number of amides is 1. The lowest BCUT2D eigenvalue weighted by atomic mass is 9.84. The lowest BCUT2D eigenvalue weighted by Crippen LogP contribution is -2.27. The highest BCUT2D eigenvalue weighted by atomic mass is 16.6. The highest BCUT2D eigenvalue weighted by Gasteiger charge is 2.27. The summed E-state index contributed by atoms with van der Waals surface area (Å²) < 4.78 is 5.12. The lowest BCUT2D eigenvalue weighted by molar-refractivity contribution is 0.0766. The van der Waals surface area contributed by atoms with Crippen LogP contribution >= 0.6 is 0 Å². The third-order valence-electron chi connectivity index (χ3n) is 3.68. The molecule has 0 saturated heterocycles. The van der Waals surface area contributed by atoms with E-state index in [0.717, 1.165) is 42.4 Å². The summed E-state index contributed by atoms with van der Waals surface area (Å²) in [6.07, 6.45) is 6.37. The number of aromatic amines is 1. The number of fused-ring (bicyclic) bond motifs is 1. The summed E-state index contributed by atoms with van der Waals surface area (Å²) >= 11 is 0. The minimum absolute atomic E-state index is 0.0970. The molecule has 6 heteroatoms. The number of carbonyl (C=O) groups is 1. The van der Waals surface area contributed by atoms with Gasteiger partial charge in [-0.3, -0.25) is 0 Å². The molecule has 3 N–H and O–H groups in total. The monoisotopic (exact) mass is 260 g/mol. The molecule has 2 aromatic rings. The summed E-state index contributed by atoms with van der Waals surface area (Å²) in [5.41, 5.74) is 6.97. The van der Waals surface area contributed by atoms with Crippen molar-refractivity contribution in [1.29, 1.82) is 0 Å². The van der Waals surface area contributed by atoms with E-state index in [2.05, 4.69) is 15.0 Å². The maximum Gasteiger partial charge on any atom is 0.404 e. The predicted molar refractivity (Wildman–Crippen MR) is 69.6 cm³/mol. The molecule has 0 spiro atoms. The topological polar surface area (TPSA) is 93.9 Å². The van der Waals surface area contributed by atoms with Gasteiger partial charge in [0.05, 0.1) is 5.69 Å². The van der Waals surface area contributed by atoms with Crippen molar-refractivity contribution in [2.24, 2.45) is 5.73 Å². The smallest absolute Gasteiger partial charge is 0.404 e. The molecular formula is C13H16N4O2. The minimum atomic E-state index is -0.694. The number of carbonyl (C=O) groups excluding carboxylic acids is 1. The summed E-state index contributed by atoms with van der Waals surface area (Å²) in [4.78, 5) is 22.5. The van der Waals surface area contributed by atoms with Crippen LogP contribution in [0, 0.1) is 0 Å². The third-order valence-corrected chi connectivity index (χ3v) is 3.68. The van der Waals surface area contributed by atoms with Crippen molar-refractivity contribution < 1.29 is 9.53 Å². The van der Waals surface area contributed by atoms with E-state index in [1.54, 1.807) is 6.33 Å². The molecule has 6 nitrogen and oxygen atoms in total. The summed E-state index contributed by atoms with van der Waals surface area (Å²) in [5.74, 6) is 0.291. The number of hydrogen-bond acceptors (Lipinski definition) is 4. The number of nitrogens with zero attached hydrogens (tertiary/aromatic N) is 2. The Morgan fingerprint density at radius 3 is 3.16 bits per heavy atom. The molecule has 1 aliphatic rings. The number of aromatic nitrogens is 3. The van der Waals surface area contributed by atoms with Gasteiger partial charge in [-0.1, -0.05) is 0 Å². The molecule has 2 atom stereocenters. The van der Waals surface area contributed by atoms with Crippen LogP contribution in [0.25, 0.3) is 11.0 Å². The van der Waals surface area contributed by atoms with Gasteiger partial charge in [-0.2, -0.15) is 0 Å². The quantitative estimate of drug-likeness (QED) is 0.864. The average Bonchev–Trinajstić information content (AvgIpc) is 2.86. The summed E-state index contributed by atoms with van der Waals surface area (Å²) in [7, 11) is 0. The zero-order chi connectivity index (χ0) is 13.2. The molecule has 1 fully saturated rings. The largest absolute Gasteiger partial charge is 0.446 e.